The molecule has 1 heterocycles. The number of rotatable bonds is 1. The van der Waals surface area contributed by atoms with Crippen molar-refractivity contribution in [1.82, 2.24) is 0 Å². The van der Waals surface area contributed by atoms with Crippen LogP contribution < -0.4 is 0 Å². The molecule has 120 valence electrons. The third kappa shape index (κ3) is 1.75. The highest BCUT2D eigenvalue weighted by Gasteiger charge is 2.53. The van der Waals surface area contributed by atoms with Crippen LogP contribution in [-0.4, -0.2) is 5.78 Å². The van der Waals surface area contributed by atoms with Gasteiger partial charge in [0.1, 0.15) is 5.41 Å². The Hall–Kier alpha value is -2.71. The molecule has 0 aliphatic heterocycles. The first kappa shape index (κ1) is 14.6. The van der Waals surface area contributed by atoms with Gasteiger partial charge in [-0.15, -0.1) is 11.3 Å². The maximum atomic E-state index is 13.5. The minimum absolute atomic E-state index is 0.158. The molecule has 0 amide bonds. The van der Waals surface area contributed by atoms with Gasteiger partial charge in [-0.25, -0.2) is 0 Å². The van der Waals surface area contributed by atoms with Crippen molar-refractivity contribution in [1.29, 1.82) is 0 Å². The van der Waals surface area contributed by atoms with Crippen molar-refractivity contribution in [3.63, 3.8) is 0 Å². The third-order valence-electron chi connectivity index (χ3n) is 5.37. The molecule has 2 aliphatic carbocycles. The zero-order chi connectivity index (χ0) is 17.0. The van der Waals surface area contributed by atoms with Crippen LogP contribution in [-0.2, 0) is 10.2 Å². The predicted molar refractivity (Wildman–Crippen MR) is 105 cm³/mol. The van der Waals surface area contributed by atoms with E-state index in [2.05, 4.69) is 42.6 Å². The fourth-order valence-electron chi connectivity index (χ4n) is 4.36. The quantitative estimate of drug-likeness (QED) is 0.565. The van der Waals surface area contributed by atoms with Crippen molar-refractivity contribution in [2.75, 3.05) is 0 Å². The van der Waals surface area contributed by atoms with Gasteiger partial charge in [0.05, 0.1) is 0 Å². The molecule has 0 radical (unpaired) electrons. The molecule has 0 bridgehead atoms. The Bertz CT molecular complexity index is 1070. The summed E-state index contributed by atoms with van der Waals surface area (Å²) in [7, 11) is 0. The van der Waals surface area contributed by atoms with Crippen LogP contribution in [0.5, 0.6) is 0 Å². The maximum Gasteiger partial charge on any atom is 0.175 e. The van der Waals surface area contributed by atoms with Crippen LogP contribution in [0, 0.1) is 0 Å². The summed E-state index contributed by atoms with van der Waals surface area (Å²) in [6, 6.07) is 20.8. The van der Waals surface area contributed by atoms with Crippen molar-refractivity contribution in [3.8, 4) is 0 Å². The van der Waals surface area contributed by atoms with Crippen molar-refractivity contribution in [2.45, 2.75) is 12.3 Å². The van der Waals surface area contributed by atoms with Crippen molar-refractivity contribution in [3.05, 3.63) is 99.3 Å². The van der Waals surface area contributed by atoms with Crippen LogP contribution in [0.25, 0.3) is 17.2 Å². The van der Waals surface area contributed by atoms with E-state index < -0.39 is 5.41 Å². The standard InChI is InChI=1S/C23H16OS/c1-15-18-13-14-25-22(18)23(21(15)17-8-3-2-4-9-17)19-10-6-5-7-16(19)11-12-20(23)24/h2-14H,1H3. The smallest absolute Gasteiger partial charge is 0.175 e. The lowest BCUT2D eigenvalue weighted by molar-refractivity contribution is -0.116. The molecule has 1 atom stereocenters. The first-order valence-electron chi connectivity index (χ1n) is 8.41. The Morgan fingerprint density at radius 1 is 0.880 bits per heavy atom. The van der Waals surface area contributed by atoms with E-state index >= 15 is 0 Å². The highest BCUT2D eigenvalue weighted by molar-refractivity contribution is 7.11. The van der Waals surface area contributed by atoms with E-state index in [1.54, 1.807) is 17.4 Å². The number of fused-ring (bicyclic) bond motifs is 4. The predicted octanol–water partition coefficient (Wildman–Crippen LogP) is 5.57. The second kappa shape index (κ2) is 5.14. The fourth-order valence-corrected chi connectivity index (χ4v) is 5.54. The van der Waals surface area contributed by atoms with E-state index in [1.165, 1.54) is 11.1 Å². The summed E-state index contributed by atoms with van der Waals surface area (Å²) < 4.78 is 0. The van der Waals surface area contributed by atoms with E-state index in [9.17, 15) is 4.79 Å². The summed E-state index contributed by atoms with van der Waals surface area (Å²) in [4.78, 5) is 14.6. The number of ketones is 1. The van der Waals surface area contributed by atoms with Gasteiger partial charge < -0.3 is 0 Å². The molecule has 2 aliphatic rings. The molecule has 1 nitrogen and oxygen atoms in total. The SMILES string of the molecule is CC1=C(c2ccccc2)C2(C(=O)C=Cc3ccccc32)c2sccc21. The molecule has 1 spiro atoms. The number of hydrogen-bond acceptors (Lipinski definition) is 2. The van der Waals surface area contributed by atoms with Gasteiger partial charge in [0.15, 0.2) is 5.78 Å². The van der Waals surface area contributed by atoms with Gasteiger partial charge in [0, 0.05) is 4.88 Å². The summed E-state index contributed by atoms with van der Waals surface area (Å²) in [5, 5.41) is 2.10. The summed E-state index contributed by atoms with van der Waals surface area (Å²) in [5.74, 6) is 0.158. The van der Waals surface area contributed by atoms with Crippen LogP contribution in [0.3, 0.4) is 0 Å². The number of thiophene rings is 1. The number of benzene rings is 2. The fraction of sp³-hybridized carbons (Fsp3) is 0.0870. The Kier molecular flexibility index (Phi) is 3.01. The zero-order valence-electron chi connectivity index (χ0n) is 13.8. The van der Waals surface area contributed by atoms with Gasteiger partial charge in [0.25, 0.3) is 0 Å². The van der Waals surface area contributed by atoms with Crippen LogP contribution in [0.2, 0.25) is 0 Å². The maximum absolute atomic E-state index is 13.5. The van der Waals surface area contributed by atoms with E-state index in [0.29, 0.717) is 0 Å². The average Bonchev–Trinajstić information content (AvgIpc) is 3.22. The molecular weight excluding hydrogens is 324 g/mol. The molecule has 0 N–H and O–H groups in total. The first-order valence-corrected chi connectivity index (χ1v) is 9.29. The number of allylic oxidation sites excluding steroid dienone is 3. The van der Waals surface area contributed by atoms with E-state index in [4.69, 9.17) is 0 Å². The van der Waals surface area contributed by atoms with Crippen LogP contribution in [0.1, 0.15) is 34.1 Å². The second-order valence-electron chi connectivity index (χ2n) is 6.56. The van der Waals surface area contributed by atoms with E-state index in [0.717, 1.165) is 27.1 Å². The molecule has 1 unspecified atom stereocenters. The van der Waals surface area contributed by atoms with Gasteiger partial charge in [0.2, 0.25) is 0 Å². The summed E-state index contributed by atoms with van der Waals surface area (Å²) in [6.45, 7) is 2.15. The summed E-state index contributed by atoms with van der Waals surface area (Å²) in [5.41, 5.74) is 6.20. The molecule has 1 aromatic heterocycles. The molecule has 2 aromatic carbocycles. The number of carbonyl (C=O) groups is 1. The van der Waals surface area contributed by atoms with Gasteiger partial charge in [-0.05, 0) is 57.8 Å². The normalized spacial score (nSPS) is 20.9. The lowest BCUT2D eigenvalue weighted by Crippen LogP contribution is -2.37. The van der Waals surface area contributed by atoms with E-state index in [1.807, 2.05) is 36.4 Å². The largest absolute Gasteiger partial charge is 0.293 e. The minimum atomic E-state index is -0.708. The van der Waals surface area contributed by atoms with Crippen molar-refractivity contribution in [2.24, 2.45) is 0 Å². The Labute approximate surface area is 151 Å². The van der Waals surface area contributed by atoms with Crippen LogP contribution >= 0.6 is 11.3 Å². The average molecular weight is 340 g/mol. The van der Waals surface area contributed by atoms with E-state index in [-0.39, 0.29) is 5.78 Å². The van der Waals surface area contributed by atoms with Gasteiger partial charge >= 0.3 is 0 Å². The van der Waals surface area contributed by atoms with Crippen molar-refractivity contribution < 1.29 is 4.79 Å². The molecule has 3 aromatic rings. The monoisotopic (exact) mass is 340 g/mol. The lowest BCUT2D eigenvalue weighted by atomic mass is 9.66. The molecule has 5 rings (SSSR count). The molecule has 0 saturated heterocycles. The first-order chi connectivity index (χ1) is 12.2. The highest BCUT2D eigenvalue weighted by atomic mass is 32.1. The van der Waals surface area contributed by atoms with Crippen molar-refractivity contribution >= 4 is 34.3 Å². The minimum Gasteiger partial charge on any atom is -0.293 e. The Balaban J connectivity index is 1.94. The topological polar surface area (TPSA) is 17.1 Å². The summed E-state index contributed by atoms with van der Waals surface area (Å²) in [6.07, 6.45) is 3.71. The molecule has 0 saturated carbocycles. The van der Waals surface area contributed by atoms with Crippen LogP contribution in [0.4, 0.5) is 0 Å². The second-order valence-corrected chi connectivity index (χ2v) is 7.48. The number of hydrogen-bond donors (Lipinski definition) is 0. The molecule has 0 fully saturated rings. The Morgan fingerprint density at radius 3 is 2.48 bits per heavy atom. The van der Waals surface area contributed by atoms with Crippen LogP contribution in [0.15, 0.2) is 72.1 Å². The number of carbonyl (C=O) groups excluding carboxylic acids is 1. The van der Waals surface area contributed by atoms with Gasteiger partial charge in [-0.3, -0.25) is 4.79 Å². The van der Waals surface area contributed by atoms with Gasteiger partial charge in [-0.2, -0.15) is 0 Å². The highest BCUT2D eigenvalue weighted by Crippen LogP contribution is 2.58. The zero-order valence-corrected chi connectivity index (χ0v) is 14.6. The Morgan fingerprint density at radius 2 is 1.64 bits per heavy atom. The molecular formula is C23H16OS. The lowest BCUT2D eigenvalue weighted by Gasteiger charge is -2.35. The summed E-state index contributed by atoms with van der Waals surface area (Å²) >= 11 is 1.69. The molecule has 2 heteroatoms. The molecule has 25 heavy (non-hydrogen) atoms. The van der Waals surface area contributed by atoms with Gasteiger partial charge in [-0.1, -0.05) is 60.7 Å². The third-order valence-corrected chi connectivity index (χ3v) is 6.40.